The fourth-order valence-electron chi connectivity index (χ4n) is 2.86. The second-order valence-corrected chi connectivity index (χ2v) is 5.77. The maximum atomic E-state index is 2.28. The molecular weight excluding hydrogens is 304 g/mol. The zero-order valence-electron chi connectivity index (χ0n) is 13.0. The molecule has 0 bridgehead atoms. The number of fused-ring (bicyclic) bond motifs is 1. The molecule has 0 aliphatic carbocycles. The van der Waals surface area contributed by atoms with E-state index >= 15 is 0 Å². The first-order valence-electron chi connectivity index (χ1n) is 7.57. The molecular formula is C20H19ClN2. The lowest BCUT2D eigenvalue weighted by molar-refractivity contribution is 0.831. The van der Waals surface area contributed by atoms with Gasteiger partial charge in [0.25, 0.3) is 0 Å². The SMILES string of the molecule is Cc1ccc(-c2cc3n(Cc4ccccc4)ccn3c2)cc1.Cl. The molecule has 23 heavy (non-hydrogen) atoms. The van der Waals surface area contributed by atoms with E-state index in [1.54, 1.807) is 0 Å². The van der Waals surface area contributed by atoms with E-state index in [9.17, 15) is 0 Å². The molecule has 0 aliphatic rings. The number of hydrogen-bond donors (Lipinski definition) is 0. The monoisotopic (exact) mass is 322 g/mol. The van der Waals surface area contributed by atoms with E-state index in [0.29, 0.717) is 0 Å². The number of benzene rings is 2. The van der Waals surface area contributed by atoms with Crippen LogP contribution in [0.2, 0.25) is 0 Å². The summed E-state index contributed by atoms with van der Waals surface area (Å²) >= 11 is 0. The van der Waals surface area contributed by atoms with Crippen LogP contribution in [0.4, 0.5) is 0 Å². The minimum absolute atomic E-state index is 0. The molecule has 2 aromatic heterocycles. The molecule has 2 nitrogen and oxygen atoms in total. The fourth-order valence-corrected chi connectivity index (χ4v) is 2.86. The Morgan fingerprint density at radius 3 is 2.30 bits per heavy atom. The van der Waals surface area contributed by atoms with Crippen molar-refractivity contribution in [3.63, 3.8) is 0 Å². The fraction of sp³-hybridized carbons (Fsp3) is 0.100. The zero-order chi connectivity index (χ0) is 14.9. The Labute approximate surface area is 142 Å². The highest BCUT2D eigenvalue weighted by Gasteiger charge is 2.06. The van der Waals surface area contributed by atoms with Crippen LogP contribution < -0.4 is 0 Å². The summed E-state index contributed by atoms with van der Waals surface area (Å²) in [5.74, 6) is 0. The van der Waals surface area contributed by atoms with Crippen LogP contribution in [-0.2, 0) is 6.54 Å². The van der Waals surface area contributed by atoms with Gasteiger partial charge in [-0.05, 0) is 24.1 Å². The van der Waals surface area contributed by atoms with E-state index in [1.165, 1.54) is 27.9 Å². The third-order valence-corrected chi connectivity index (χ3v) is 4.11. The van der Waals surface area contributed by atoms with Gasteiger partial charge in [-0.1, -0.05) is 60.2 Å². The second-order valence-electron chi connectivity index (χ2n) is 5.77. The molecule has 0 unspecified atom stereocenters. The van der Waals surface area contributed by atoms with Crippen molar-refractivity contribution in [1.29, 1.82) is 0 Å². The van der Waals surface area contributed by atoms with Crippen molar-refractivity contribution in [3.8, 4) is 11.1 Å². The van der Waals surface area contributed by atoms with Gasteiger partial charge >= 0.3 is 0 Å². The first-order chi connectivity index (χ1) is 10.8. The van der Waals surface area contributed by atoms with Crippen LogP contribution in [0.3, 0.4) is 0 Å². The molecule has 0 spiro atoms. The van der Waals surface area contributed by atoms with Crippen molar-refractivity contribution in [1.82, 2.24) is 8.97 Å². The molecule has 3 heteroatoms. The lowest BCUT2D eigenvalue weighted by Crippen LogP contribution is -1.97. The predicted octanol–water partition coefficient (Wildman–Crippen LogP) is 5.19. The van der Waals surface area contributed by atoms with Crippen molar-refractivity contribution in [3.05, 3.63) is 90.4 Å². The number of rotatable bonds is 3. The van der Waals surface area contributed by atoms with Crippen LogP contribution in [-0.4, -0.2) is 8.97 Å². The van der Waals surface area contributed by atoms with Crippen LogP contribution in [0.5, 0.6) is 0 Å². The Morgan fingerprint density at radius 1 is 0.826 bits per heavy atom. The molecule has 2 heterocycles. The third-order valence-electron chi connectivity index (χ3n) is 4.11. The van der Waals surface area contributed by atoms with E-state index in [1.807, 2.05) is 0 Å². The Kier molecular flexibility index (Phi) is 4.26. The highest BCUT2D eigenvalue weighted by atomic mass is 35.5. The van der Waals surface area contributed by atoms with Crippen molar-refractivity contribution in [2.75, 3.05) is 0 Å². The number of nitrogens with zero attached hydrogens (tertiary/aromatic N) is 2. The summed E-state index contributed by atoms with van der Waals surface area (Å²) in [5, 5.41) is 0. The molecule has 0 fully saturated rings. The van der Waals surface area contributed by atoms with Crippen molar-refractivity contribution in [2.45, 2.75) is 13.5 Å². The molecule has 0 aliphatic heterocycles. The predicted molar refractivity (Wildman–Crippen MR) is 98.4 cm³/mol. The highest BCUT2D eigenvalue weighted by Crippen LogP contribution is 2.24. The van der Waals surface area contributed by atoms with E-state index in [4.69, 9.17) is 0 Å². The van der Waals surface area contributed by atoms with Crippen LogP contribution in [0.15, 0.2) is 79.3 Å². The maximum absolute atomic E-state index is 2.28. The molecule has 0 amide bonds. The Hall–Kier alpha value is -2.45. The summed E-state index contributed by atoms with van der Waals surface area (Å²) in [7, 11) is 0. The molecule has 116 valence electrons. The average molecular weight is 323 g/mol. The summed E-state index contributed by atoms with van der Waals surface area (Å²) < 4.78 is 4.48. The van der Waals surface area contributed by atoms with Gasteiger partial charge in [0.2, 0.25) is 0 Å². The van der Waals surface area contributed by atoms with Crippen molar-refractivity contribution < 1.29 is 0 Å². The quantitative estimate of drug-likeness (QED) is 0.491. The van der Waals surface area contributed by atoms with Crippen LogP contribution in [0.25, 0.3) is 16.8 Å². The average Bonchev–Trinajstić information content (AvgIpc) is 3.11. The first-order valence-corrected chi connectivity index (χ1v) is 7.57. The smallest absolute Gasteiger partial charge is 0.117 e. The summed E-state index contributed by atoms with van der Waals surface area (Å²) in [5.41, 5.74) is 6.36. The molecule has 0 atom stereocenters. The van der Waals surface area contributed by atoms with Gasteiger partial charge in [-0.2, -0.15) is 0 Å². The summed E-state index contributed by atoms with van der Waals surface area (Å²) in [6, 6.07) is 21.5. The van der Waals surface area contributed by atoms with Gasteiger partial charge in [0, 0.05) is 30.7 Å². The van der Waals surface area contributed by atoms with Gasteiger partial charge in [-0.25, -0.2) is 0 Å². The van der Waals surface area contributed by atoms with E-state index in [-0.39, 0.29) is 12.4 Å². The highest BCUT2D eigenvalue weighted by molar-refractivity contribution is 5.85. The van der Waals surface area contributed by atoms with Crippen LogP contribution in [0.1, 0.15) is 11.1 Å². The molecule has 0 N–H and O–H groups in total. The number of aromatic nitrogens is 2. The van der Waals surface area contributed by atoms with E-state index in [2.05, 4.69) is 95.1 Å². The second kappa shape index (κ2) is 6.35. The molecule has 2 aromatic carbocycles. The minimum atomic E-state index is 0. The zero-order valence-corrected chi connectivity index (χ0v) is 13.8. The normalized spacial score (nSPS) is 10.7. The Bertz CT molecular complexity index is 902. The van der Waals surface area contributed by atoms with Gasteiger partial charge < -0.3 is 8.97 Å². The Balaban J connectivity index is 0.00000156. The van der Waals surface area contributed by atoms with E-state index < -0.39 is 0 Å². The van der Waals surface area contributed by atoms with Crippen molar-refractivity contribution in [2.24, 2.45) is 0 Å². The minimum Gasteiger partial charge on any atom is -0.328 e. The lowest BCUT2D eigenvalue weighted by Gasteiger charge is -2.03. The van der Waals surface area contributed by atoms with Crippen LogP contribution in [0, 0.1) is 6.92 Å². The molecule has 0 saturated carbocycles. The topological polar surface area (TPSA) is 9.34 Å². The number of imidazole rings is 1. The maximum Gasteiger partial charge on any atom is 0.117 e. The molecule has 4 rings (SSSR count). The van der Waals surface area contributed by atoms with Gasteiger partial charge in [0.1, 0.15) is 5.65 Å². The Morgan fingerprint density at radius 2 is 1.57 bits per heavy atom. The molecule has 4 aromatic rings. The third kappa shape index (κ3) is 3.03. The van der Waals surface area contributed by atoms with Gasteiger partial charge in [0.15, 0.2) is 0 Å². The summed E-state index contributed by atoms with van der Waals surface area (Å²) in [6.07, 6.45) is 6.46. The lowest BCUT2D eigenvalue weighted by atomic mass is 10.1. The summed E-state index contributed by atoms with van der Waals surface area (Å²) in [4.78, 5) is 0. The number of hydrogen-bond acceptors (Lipinski definition) is 0. The van der Waals surface area contributed by atoms with Gasteiger partial charge in [-0.3, -0.25) is 0 Å². The summed E-state index contributed by atoms with van der Waals surface area (Å²) in [6.45, 7) is 3.02. The largest absolute Gasteiger partial charge is 0.328 e. The van der Waals surface area contributed by atoms with E-state index in [0.717, 1.165) is 6.54 Å². The van der Waals surface area contributed by atoms with Crippen LogP contribution >= 0.6 is 12.4 Å². The first kappa shape index (κ1) is 15.4. The van der Waals surface area contributed by atoms with Crippen molar-refractivity contribution >= 4 is 18.1 Å². The number of halogens is 1. The number of aryl methyl sites for hydroxylation is 1. The standard InChI is InChI=1S/C20H18N2.ClH/c1-16-7-9-18(10-8-16)19-13-20-21(11-12-22(20)15-19)14-17-5-3-2-4-6-17;/h2-13,15H,14H2,1H3;1H. The van der Waals surface area contributed by atoms with Gasteiger partial charge in [-0.15, -0.1) is 12.4 Å². The molecule has 0 radical (unpaired) electrons. The molecule has 0 saturated heterocycles. The van der Waals surface area contributed by atoms with Gasteiger partial charge in [0.05, 0.1) is 0 Å².